The van der Waals surface area contributed by atoms with Crippen LogP contribution in [0.15, 0.2) is 12.4 Å². The predicted octanol–water partition coefficient (Wildman–Crippen LogP) is 2.38. The van der Waals surface area contributed by atoms with Gasteiger partial charge in [0, 0.05) is 19.3 Å². The third kappa shape index (κ3) is 2.33. The number of rotatable bonds is 6. The summed E-state index contributed by atoms with van der Waals surface area (Å²) in [6.07, 6.45) is 11.0. The maximum atomic E-state index is 4.29. The Kier molecular flexibility index (Phi) is 3.42. The molecule has 0 aromatic carbocycles. The Bertz CT molecular complexity index is 388. The molecule has 0 aliphatic heterocycles. The summed E-state index contributed by atoms with van der Waals surface area (Å²) >= 11 is 0. The molecule has 18 heavy (non-hydrogen) atoms. The van der Waals surface area contributed by atoms with Crippen molar-refractivity contribution in [2.75, 3.05) is 6.54 Å². The third-order valence-corrected chi connectivity index (χ3v) is 4.81. The molecular formula is C15H25N3. The molecule has 1 N–H and O–H groups in total. The van der Waals surface area contributed by atoms with Crippen LogP contribution in [0.1, 0.15) is 38.2 Å². The maximum Gasteiger partial charge on any atom is 0.0522 e. The second-order valence-corrected chi connectivity index (χ2v) is 6.12. The second kappa shape index (κ2) is 5.04. The summed E-state index contributed by atoms with van der Waals surface area (Å²) in [6.45, 7) is 3.41. The highest BCUT2D eigenvalue weighted by Gasteiger charge is 2.55. The van der Waals surface area contributed by atoms with Crippen LogP contribution in [0.5, 0.6) is 0 Å². The lowest BCUT2D eigenvalue weighted by Gasteiger charge is -2.19. The zero-order valence-electron chi connectivity index (χ0n) is 11.6. The molecule has 0 bridgehead atoms. The van der Waals surface area contributed by atoms with Crippen molar-refractivity contribution < 1.29 is 0 Å². The number of nitrogens with one attached hydrogen (secondary N) is 1. The van der Waals surface area contributed by atoms with Gasteiger partial charge in [-0.25, -0.2) is 0 Å². The summed E-state index contributed by atoms with van der Waals surface area (Å²) in [4.78, 5) is 0. The van der Waals surface area contributed by atoms with Crippen LogP contribution in [0, 0.1) is 17.8 Å². The molecule has 2 aliphatic carbocycles. The summed E-state index contributed by atoms with van der Waals surface area (Å²) in [5.41, 5.74) is 1.39. The van der Waals surface area contributed by atoms with Gasteiger partial charge >= 0.3 is 0 Å². The van der Waals surface area contributed by atoms with E-state index in [-0.39, 0.29) is 0 Å². The average molecular weight is 247 g/mol. The van der Waals surface area contributed by atoms with Crippen molar-refractivity contribution in [2.24, 2.45) is 24.8 Å². The van der Waals surface area contributed by atoms with Gasteiger partial charge in [0.1, 0.15) is 0 Å². The Balaban J connectivity index is 1.62. The van der Waals surface area contributed by atoms with Crippen molar-refractivity contribution in [1.82, 2.24) is 15.1 Å². The molecule has 1 aromatic heterocycles. The summed E-state index contributed by atoms with van der Waals surface area (Å²) in [5.74, 6) is 3.03. The molecule has 2 saturated carbocycles. The predicted molar refractivity (Wildman–Crippen MR) is 73.3 cm³/mol. The van der Waals surface area contributed by atoms with Gasteiger partial charge in [-0.15, -0.1) is 0 Å². The quantitative estimate of drug-likeness (QED) is 0.836. The van der Waals surface area contributed by atoms with Crippen LogP contribution in [-0.4, -0.2) is 22.4 Å². The normalized spacial score (nSPS) is 31.3. The highest BCUT2D eigenvalue weighted by molar-refractivity contribution is 5.12. The molecule has 3 unspecified atom stereocenters. The fraction of sp³-hybridized carbons (Fsp3) is 0.800. The number of aryl methyl sites for hydroxylation is 1. The molecule has 2 aliphatic rings. The van der Waals surface area contributed by atoms with Crippen LogP contribution in [0.25, 0.3) is 0 Å². The highest BCUT2D eigenvalue weighted by Crippen LogP contribution is 2.59. The Hall–Kier alpha value is -0.830. The van der Waals surface area contributed by atoms with Gasteiger partial charge in [-0.05, 0) is 55.5 Å². The molecule has 100 valence electrons. The topological polar surface area (TPSA) is 29.9 Å². The van der Waals surface area contributed by atoms with Crippen molar-refractivity contribution in [3.63, 3.8) is 0 Å². The Morgan fingerprint density at radius 1 is 1.44 bits per heavy atom. The smallest absolute Gasteiger partial charge is 0.0522 e. The number of aromatic nitrogens is 2. The average Bonchev–Trinajstić information content (AvgIpc) is 2.74. The lowest BCUT2D eigenvalue weighted by Crippen LogP contribution is -2.35. The highest BCUT2D eigenvalue weighted by atomic mass is 15.2. The van der Waals surface area contributed by atoms with Crippen molar-refractivity contribution in [2.45, 2.75) is 45.1 Å². The van der Waals surface area contributed by atoms with Gasteiger partial charge in [0.05, 0.1) is 6.20 Å². The Labute approximate surface area is 110 Å². The molecule has 0 spiro atoms. The van der Waals surface area contributed by atoms with Crippen LogP contribution in [-0.2, 0) is 13.5 Å². The lowest BCUT2D eigenvalue weighted by atomic mass is 9.98. The number of nitrogens with zero attached hydrogens (tertiary/aromatic N) is 2. The van der Waals surface area contributed by atoms with Gasteiger partial charge in [0.25, 0.3) is 0 Å². The van der Waals surface area contributed by atoms with E-state index in [4.69, 9.17) is 0 Å². The van der Waals surface area contributed by atoms with Crippen molar-refractivity contribution in [3.05, 3.63) is 18.0 Å². The molecule has 3 rings (SSSR count). The fourth-order valence-electron chi connectivity index (χ4n) is 3.98. The van der Waals surface area contributed by atoms with Gasteiger partial charge in [0.15, 0.2) is 0 Å². The molecule has 0 amide bonds. The number of fused-ring (bicyclic) bond motifs is 1. The first-order valence-electron chi connectivity index (χ1n) is 7.50. The third-order valence-electron chi connectivity index (χ3n) is 4.81. The second-order valence-electron chi connectivity index (χ2n) is 6.12. The monoisotopic (exact) mass is 247 g/mol. The van der Waals surface area contributed by atoms with E-state index in [0.29, 0.717) is 6.04 Å². The van der Waals surface area contributed by atoms with Crippen LogP contribution >= 0.6 is 0 Å². The molecular weight excluding hydrogens is 222 g/mol. The van der Waals surface area contributed by atoms with E-state index >= 15 is 0 Å². The van der Waals surface area contributed by atoms with Crippen molar-refractivity contribution in [1.29, 1.82) is 0 Å². The van der Waals surface area contributed by atoms with Gasteiger partial charge in [-0.1, -0.05) is 13.3 Å². The van der Waals surface area contributed by atoms with Crippen molar-refractivity contribution in [3.8, 4) is 0 Å². The maximum absolute atomic E-state index is 4.29. The standard InChI is InChI=1S/C15H25N3/c1-3-7-16-14(8-11-9-17-18(2)10-11)15-12-5-4-6-13(12)15/h9-10,12-16H,3-8H2,1-2H3. The van der Waals surface area contributed by atoms with E-state index in [0.717, 1.165) is 30.7 Å². The first-order valence-corrected chi connectivity index (χ1v) is 7.50. The lowest BCUT2D eigenvalue weighted by molar-refractivity contribution is 0.403. The fourth-order valence-corrected chi connectivity index (χ4v) is 3.98. The summed E-state index contributed by atoms with van der Waals surface area (Å²) < 4.78 is 1.92. The van der Waals surface area contributed by atoms with Crippen LogP contribution in [0.3, 0.4) is 0 Å². The van der Waals surface area contributed by atoms with Gasteiger partial charge in [-0.2, -0.15) is 5.10 Å². The summed E-state index contributed by atoms with van der Waals surface area (Å²) in [5, 5.41) is 8.07. The SMILES string of the molecule is CCCNC(Cc1cnn(C)c1)C1C2CCCC21. The number of hydrogen-bond acceptors (Lipinski definition) is 2. The minimum Gasteiger partial charge on any atom is -0.313 e. The van der Waals surface area contributed by atoms with Gasteiger partial charge in [-0.3, -0.25) is 4.68 Å². The molecule has 1 aromatic rings. The van der Waals surface area contributed by atoms with E-state index in [1.165, 1.54) is 31.2 Å². The molecule has 0 saturated heterocycles. The van der Waals surface area contributed by atoms with Crippen molar-refractivity contribution >= 4 is 0 Å². The zero-order chi connectivity index (χ0) is 12.5. The molecule has 3 atom stereocenters. The van der Waals surface area contributed by atoms with Crippen LogP contribution in [0.4, 0.5) is 0 Å². The van der Waals surface area contributed by atoms with E-state index in [1.807, 2.05) is 17.9 Å². The van der Waals surface area contributed by atoms with Crippen LogP contribution < -0.4 is 5.32 Å². The molecule has 1 heterocycles. The summed E-state index contributed by atoms with van der Waals surface area (Å²) in [7, 11) is 2.00. The molecule has 3 heteroatoms. The Morgan fingerprint density at radius 3 is 2.83 bits per heavy atom. The molecule has 3 nitrogen and oxygen atoms in total. The van der Waals surface area contributed by atoms with E-state index in [2.05, 4.69) is 23.5 Å². The first-order chi connectivity index (χ1) is 8.79. The Morgan fingerprint density at radius 2 is 2.22 bits per heavy atom. The first kappa shape index (κ1) is 12.2. The van der Waals surface area contributed by atoms with Gasteiger partial charge in [0.2, 0.25) is 0 Å². The largest absolute Gasteiger partial charge is 0.313 e. The van der Waals surface area contributed by atoms with Crippen LogP contribution in [0.2, 0.25) is 0 Å². The summed E-state index contributed by atoms with van der Waals surface area (Å²) in [6, 6.07) is 0.685. The number of hydrogen-bond donors (Lipinski definition) is 1. The molecule has 0 radical (unpaired) electrons. The minimum atomic E-state index is 0.685. The van der Waals surface area contributed by atoms with E-state index in [9.17, 15) is 0 Å². The van der Waals surface area contributed by atoms with E-state index < -0.39 is 0 Å². The van der Waals surface area contributed by atoms with E-state index in [1.54, 1.807) is 0 Å². The minimum absolute atomic E-state index is 0.685. The zero-order valence-corrected chi connectivity index (χ0v) is 11.6. The molecule has 2 fully saturated rings. The van der Waals surface area contributed by atoms with Gasteiger partial charge < -0.3 is 5.32 Å².